The maximum absolute atomic E-state index is 12.0. The van der Waals surface area contributed by atoms with E-state index in [1.807, 2.05) is 78.9 Å². The van der Waals surface area contributed by atoms with E-state index in [1.54, 1.807) is 24.2 Å². The fraction of sp³-hybridized carbons (Fsp3) is 0.100. The quantitative estimate of drug-likeness (QED) is 0.316. The van der Waals surface area contributed by atoms with Gasteiger partial charge in [0.1, 0.15) is 13.1 Å². The van der Waals surface area contributed by atoms with Crippen LogP contribution in [0.3, 0.4) is 0 Å². The number of pyridine rings is 1. The normalized spacial score (nSPS) is 14.4. The molecule has 0 unspecified atom stereocenters. The monoisotopic (exact) mass is 599 g/mol. The van der Waals surface area contributed by atoms with E-state index >= 15 is 0 Å². The van der Waals surface area contributed by atoms with E-state index in [9.17, 15) is 9.59 Å². The maximum Gasteiger partial charge on any atom is 0.248 e. The number of benzodiazepines with no additional fused rings is 2. The lowest BCUT2D eigenvalue weighted by Gasteiger charge is -2.18. The Morgan fingerprint density at radius 1 is 0.846 bits per heavy atom. The van der Waals surface area contributed by atoms with Gasteiger partial charge in [-0.15, -0.1) is 0 Å². The van der Waals surface area contributed by atoms with Crippen molar-refractivity contribution in [3.8, 4) is 0 Å². The van der Waals surface area contributed by atoms with Crippen molar-refractivity contribution in [3.63, 3.8) is 0 Å². The zero-order chi connectivity index (χ0) is 27.4. The van der Waals surface area contributed by atoms with Gasteiger partial charge in [-0.05, 0) is 48.5 Å². The number of rotatable bonds is 2. The zero-order valence-electron chi connectivity index (χ0n) is 20.9. The zero-order valence-corrected chi connectivity index (χ0v) is 23.3. The highest BCUT2D eigenvalue weighted by Gasteiger charge is 2.22. The minimum absolute atomic E-state index is 0.0282. The highest BCUT2D eigenvalue weighted by Crippen LogP contribution is 2.29. The Morgan fingerprint density at radius 3 is 2.38 bits per heavy atom. The molecule has 9 heteroatoms. The van der Waals surface area contributed by atoms with Crippen molar-refractivity contribution in [2.24, 2.45) is 9.98 Å². The van der Waals surface area contributed by atoms with Crippen molar-refractivity contribution in [2.75, 3.05) is 30.4 Å². The molecule has 3 aromatic carbocycles. The van der Waals surface area contributed by atoms with Gasteiger partial charge in [-0.2, -0.15) is 0 Å². The molecule has 2 aliphatic heterocycles. The smallest absolute Gasteiger partial charge is 0.248 e. The number of hydrogen-bond acceptors (Lipinski definition) is 5. The van der Waals surface area contributed by atoms with E-state index in [0.717, 1.165) is 49.7 Å². The second kappa shape index (κ2) is 11.7. The number of fused-ring (bicyclic) bond motifs is 2. The number of halogens is 2. The Kier molecular flexibility index (Phi) is 7.95. The minimum Gasteiger partial charge on any atom is -0.324 e. The molecule has 7 nitrogen and oxygen atoms in total. The summed E-state index contributed by atoms with van der Waals surface area (Å²) >= 11 is 9.55. The van der Waals surface area contributed by atoms with E-state index in [-0.39, 0.29) is 24.9 Å². The molecule has 0 saturated heterocycles. The Labute approximate surface area is 239 Å². The van der Waals surface area contributed by atoms with E-state index in [4.69, 9.17) is 11.6 Å². The molecule has 1 N–H and O–H groups in total. The third kappa shape index (κ3) is 5.97. The van der Waals surface area contributed by atoms with Crippen molar-refractivity contribution >= 4 is 62.1 Å². The number of nitrogens with one attached hydrogen (secondary N) is 1. The minimum atomic E-state index is -0.116. The molecule has 2 aliphatic rings. The van der Waals surface area contributed by atoms with Crippen LogP contribution in [0.1, 0.15) is 22.4 Å². The van der Waals surface area contributed by atoms with E-state index in [0.29, 0.717) is 5.02 Å². The number of nitrogens with zero attached hydrogens (tertiary/aromatic N) is 4. The Balaban J connectivity index is 0.000000158. The number of amides is 2. The van der Waals surface area contributed by atoms with Crippen LogP contribution in [0.2, 0.25) is 5.02 Å². The Morgan fingerprint density at radius 2 is 1.62 bits per heavy atom. The van der Waals surface area contributed by atoms with Gasteiger partial charge in [0.25, 0.3) is 0 Å². The number of carbonyl (C=O) groups is 2. The van der Waals surface area contributed by atoms with Crippen LogP contribution in [-0.2, 0) is 9.59 Å². The van der Waals surface area contributed by atoms with Gasteiger partial charge < -0.3 is 10.2 Å². The Hall–Kier alpha value is -4.14. The number of aromatic nitrogens is 1. The predicted molar refractivity (Wildman–Crippen MR) is 159 cm³/mol. The summed E-state index contributed by atoms with van der Waals surface area (Å²) in [6.07, 6.45) is 1.72. The van der Waals surface area contributed by atoms with Crippen LogP contribution in [0.5, 0.6) is 0 Å². The van der Waals surface area contributed by atoms with Crippen molar-refractivity contribution < 1.29 is 9.59 Å². The number of hydrogen-bond donors (Lipinski definition) is 1. The molecule has 0 fully saturated rings. The molecule has 0 radical (unpaired) electrons. The molecule has 194 valence electrons. The van der Waals surface area contributed by atoms with E-state index in [2.05, 4.69) is 36.2 Å². The summed E-state index contributed by atoms with van der Waals surface area (Å²) in [5.74, 6) is -0.144. The molecule has 0 saturated carbocycles. The third-order valence-electron chi connectivity index (χ3n) is 6.17. The SMILES string of the molecule is CN1C(=O)CN=C(c2ccccc2)c2cc(Cl)ccc21.O=C1CN=C(c2ccccn2)c2cc(Br)ccc2N1. The Bertz CT molecular complexity index is 1610. The molecule has 0 bridgehead atoms. The van der Waals surface area contributed by atoms with Crippen molar-refractivity contribution in [1.82, 2.24) is 4.98 Å². The van der Waals surface area contributed by atoms with Crippen LogP contribution in [-0.4, -0.2) is 48.4 Å². The van der Waals surface area contributed by atoms with Crippen LogP contribution >= 0.6 is 27.5 Å². The first-order valence-electron chi connectivity index (χ1n) is 12.1. The summed E-state index contributed by atoms with van der Waals surface area (Å²) in [4.78, 5) is 38.5. The summed E-state index contributed by atoms with van der Waals surface area (Å²) in [6.45, 7) is 0.255. The van der Waals surface area contributed by atoms with Crippen molar-refractivity contribution in [2.45, 2.75) is 0 Å². The number of benzene rings is 3. The first-order chi connectivity index (χ1) is 18.9. The van der Waals surface area contributed by atoms with Crippen LogP contribution < -0.4 is 10.2 Å². The van der Waals surface area contributed by atoms with Gasteiger partial charge in [0.05, 0.1) is 28.5 Å². The predicted octanol–water partition coefficient (Wildman–Crippen LogP) is 5.79. The molecule has 6 rings (SSSR count). The van der Waals surface area contributed by atoms with Gasteiger partial charge in [-0.1, -0.05) is 63.9 Å². The lowest BCUT2D eigenvalue weighted by molar-refractivity contribution is -0.117. The summed E-state index contributed by atoms with van der Waals surface area (Å²) < 4.78 is 0.936. The van der Waals surface area contributed by atoms with Gasteiger partial charge in [0.15, 0.2) is 0 Å². The van der Waals surface area contributed by atoms with E-state index in [1.165, 1.54) is 0 Å². The molecular weight excluding hydrogens is 578 g/mol. The van der Waals surface area contributed by atoms with E-state index < -0.39 is 0 Å². The largest absolute Gasteiger partial charge is 0.324 e. The van der Waals surface area contributed by atoms with Crippen LogP contribution in [0, 0.1) is 0 Å². The number of carbonyl (C=O) groups excluding carboxylic acids is 2. The third-order valence-corrected chi connectivity index (χ3v) is 6.90. The van der Waals surface area contributed by atoms with Gasteiger partial charge in [0, 0.05) is 39.4 Å². The number of aliphatic imine (C=N–C) groups is 2. The molecule has 1 aromatic heterocycles. The summed E-state index contributed by atoms with van der Waals surface area (Å²) in [5, 5.41) is 3.48. The molecule has 0 atom stereocenters. The second-order valence-corrected chi connectivity index (χ2v) is 10.1. The van der Waals surface area contributed by atoms with Gasteiger partial charge in [-0.25, -0.2) is 0 Å². The van der Waals surface area contributed by atoms with Crippen LogP contribution in [0.15, 0.2) is 106 Å². The number of anilines is 2. The first-order valence-corrected chi connectivity index (χ1v) is 13.3. The standard InChI is InChI=1S/C16H13ClN2O.C14H10BrN3O/c1-19-14-8-7-12(17)9-13(14)16(18-10-15(19)20)11-5-3-2-4-6-11;15-9-4-5-11-10(7-9)14(17-8-13(19)18-11)12-3-1-2-6-16-12/h2-9H,10H2,1H3;1-7H,8H2,(H,18,19). The number of likely N-dealkylation sites (N-methyl/N-ethyl adjacent to an activating group) is 1. The molecule has 4 aromatic rings. The fourth-order valence-electron chi connectivity index (χ4n) is 4.27. The van der Waals surface area contributed by atoms with Crippen LogP contribution in [0.25, 0.3) is 0 Å². The molecule has 3 heterocycles. The van der Waals surface area contributed by atoms with Crippen molar-refractivity contribution in [3.05, 3.63) is 123 Å². The van der Waals surface area contributed by atoms with Crippen LogP contribution in [0.4, 0.5) is 11.4 Å². The topological polar surface area (TPSA) is 87.0 Å². The second-order valence-electron chi connectivity index (χ2n) is 8.76. The summed E-state index contributed by atoms with van der Waals surface area (Å²) in [6, 6.07) is 26.7. The van der Waals surface area contributed by atoms with Gasteiger partial charge >= 0.3 is 0 Å². The fourth-order valence-corrected chi connectivity index (χ4v) is 4.81. The lowest BCUT2D eigenvalue weighted by atomic mass is 10.0. The highest BCUT2D eigenvalue weighted by atomic mass is 79.9. The highest BCUT2D eigenvalue weighted by molar-refractivity contribution is 9.10. The van der Waals surface area contributed by atoms with Gasteiger partial charge in [0.2, 0.25) is 11.8 Å². The summed E-state index contributed by atoms with van der Waals surface area (Å²) in [7, 11) is 1.76. The molecule has 2 amide bonds. The maximum atomic E-state index is 12.0. The molecular formula is C30H23BrClN5O2. The first kappa shape index (κ1) is 26.5. The molecule has 0 aliphatic carbocycles. The lowest BCUT2D eigenvalue weighted by Crippen LogP contribution is -2.27. The summed E-state index contributed by atoms with van der Waals surface area (Å²) in [5.41, 5.74) is 6.64. The molecule has 0 spiro atoms. The molecule has 39 heavy (non-hydrogen) atoms. The average molecular weight is 601 g/mol. The van der Waals surface area contributed by atoms with Gasteiger partial charge in [-0.3, -0.25) is 24.6 Å². The average Bonchev–Trinajstić information content (AvgIpc) is 3.19. The van der Waals surface area contributed by atoms with Crippen molar-refractivity contribution in [1.29, 1.82) is 0 Å².